The Morgan fingerprint density at radius 2 is 1.64 bits per heavy atom. The molecule has 0 bridgehead atoms. The van der Waals surface area contributed by atoms with Gasteiger partial charge >= 0.3 is 11.8 Å². The van der Waals surface area contributed by atoms with Crippen LogP contribution in [0.15, 0.2) is 35.4 Å². The van der Waals surface area contributed by atoms with Crippen molar-refractivity contribution in [3.63, 3.8) is 0 Å². The largest absolute Gasteiger partial charge is 0.341 e. The maximum atomic E-state index is 11.9. The fourth-order valence-electron chi connectivity index (χ4n) is 2.52. The van der Waals surface area contributed by atoms with Crippen LogP contribution in [0.2, 0.25) is 0 Å². The number of hydrogen-bond acceptors (Lipinski definition) is 3. The number of hydrogen-bond donors (Lipinski definition) is 2. The fourth-order valence-corrected chi connectivity index (χ4v) is 2.52. The molecule has 0 spiro atoms. The van der Waals surface area contributed by atoms with Gasteiger partial charge in [0, 0.05) is 5.71 Å². The van der Waals surface area contributed by atoms with E-state index in [9.17, 15) is 9.59 Å². The summed E-state index contributed by atoms with van der Waals surface area (Å²) in [5.74, 6) is -1.37. The second-order valence-corrected chi connectivity index (χ2v) is 5.64. The molecule has 0 aliphatic heterocycles. The highest BCUT2D eigenvalue weighted by atomic mass is 16.2. The fraction of sp³-hybridized carbons (Fsp3) is 0.471. The number of nitrogens with zero attached hydrogens (tertiary/aromatic N) is 1. The normalized spacial score (nSPS) is 16.3. The number of amides is 2. The van der Waals surface area contributed by atoms with Crippen molar-refractivity contribution >= 4 is 17.5 Å². The van der Waals surface area contributed by atoms with E-state index in [1.165, 1.54) is 12.8 Å². The number of rotatable bonds is 3. The highest BCUT2D eigenvalue weighted by Crippen LogP contribution is 2.14. The zero-order chi connectivity index (χ0) is 15.8. The summed E-state index contributed by atoms with van der Waals surface area (Å²) < 4.78 is 0. The molecule has 1 saturated carbocycles. The molecule has 1 aromatic rings. The van der Waals surface area contributed by atoms with Gasteiger partial charge in [-0.15, -0.1) is 0 Å². The van der Waals surface area contributed by atoms with E-state index in [0.717, 1.165) is 37.0 Å². The monoisotopic (exact) mass is 301 g/mol. The van der Waals surface area contributed by atoms with Crippen LogP contribution in [0.3, 0.4) is 0 Å². The van der Waals surface area contributed by atoms with Gasteiger partial charge in [0.25, 0.3) is 0 Å². The molecule has 5 nitrogen and oxygen atoms in total. The first-order valence-corrected chi connectivity index (χ1v) is 7.88. The molecule has 2 N–H and O–H groups in total. The number of nitrogens with one attached hydrogen (secondary N) is 2. The first-order chi connectivity index (χ1) is 10.7. The van der Waals surface area contributed by atoms with E-state index in [1.54, 1.807) is 0 Å². The van der Waals surface area contributed by atoms with Crippen molar-refractivity contribution in [2.45, 2.75) is 51.5 Å². The predicted molar refractivity (Wildman–Crippen MR) is 86.3 cm³/mol. The van der Waals surface area contributed by atoms with Gasteiger partial charge in [0.2, 0.25) is 0 Å². The Hall–Kier alpha value is -2.17. The van der Waals surface area contributed by atoms with E-state index in [2.05, 4.69) is 15.8 Å². The highest BCUT2D eigenvalue weighted by molar-refractivity contribution is 6.35. The molecule has 1 atom stereocenters. The van der Waals surface area contributed by atoms with Gasteiger partial charge in [-0.3, -0.25) is 9.59 Å². The van der Waals surface area contributed by atoms with Crippen LogP contribution in [0.25, 0.3) is 0 Å². The van der Waals surface area contributed by atoms with E-state index in [0.29, 0.717) is 0 Å². The first kappa shape index (κ1) is 16.2. The van der Waals surface area contributed by atoms with Crippen molar-refractivity contribution in [2.75, 3.05) is 0 Å². The summed E-state index contributed by atoms with van der Waals surface area (Å²) in [6, 6.07) is 9.31. The Bertz CT molecular complexity index is 530. The molecular formula is C17H23N3O2. The summed E-state index contributed by atoms with van der Waals surface area (Å²) in [6.45, 7) is 1.84. The van der Waals surface area contributed by atoms with E-state index in [-0.39, 0.29) is 6.04 Å². The number of carbonyl (C=O) groups excluding carboxylic acids is 2. The molecule has 1 aliphatic carbocycles. The van der Waals surface area contributed by atoms with Crippen LogP contribution in [-0.4, -0.2) is 17.5 Å². The molecule has 2 amide bonds. The van der Waals surface area contributed by atoms with Crippen molar-refractivity contribution in [3.05, 3.63) is 35.9 Å². The summed E-state index contributed by atoms with van der Waals surface area (Å²) >= 11 is 0. The first-order valence-electron chi connectivity index (χ1n) is 7.88. The lowest BCUT2D eigenvalue weighted by Crippen LogP contribution is -2.39. The third-order valence-electron chi connectivity index (χ3n) is 3.85. The van der Waals surface area contributed by atoms with Crippen LogP contribution in [-0.2, 0) is 9.59 Å². The lowest BCUT2D eigenvalue weighted by Gasteiger charge is -2.13. The predicted octanol–water partition coefficient (Wildman–Crippen LogP) is 2.69. The minimum Gasteiger partial charge on any atom is -0.341 e. The van der Waals surface area contributed by atoms with Gasteiger partial charge in [-0.1, -0.05) is 43.2 Å². The summed E-state index contributed by atoms with van der Waals surface area (Å²) in [6.07, 6.45) is 6.44. The minimum atomic E-state index is -0.709. The average molecular weight is 301 g/mol. The molecular weight excluding hydrogens is 278 g/mol. The number of carbonyl (C=O) groups is 2. The van der Waals surface area contributed by atoms with Gasteiger partial charge in [-0.2, -0.15) is 5.10 Å². The topological polar surface area (TPSA) is 70.6 Å². The Kier molecular flexibility index (Phi) is 6.13. The van der Waals surface area contributed by atoms with E-state index >= 15 is 0 Å². The van der Waals surface area contributed by atoms with E-state index in [4.69, 9.17) is 0 Å². The second-order valence-electron chi connectivity index (χ2n) is 5.64. The van der Waals surface area contributed by atoms with Gasteiger partial charge in [-0.25, -0.2) is 5.43 Å². The van der Waals surface area contributed by atoms with E-state index in [1.807, 2.05) is 37.3 Å². The molecule has 118 valence electrons. The van der Waals surface area contributed by atoms with Crippen LogP contribution >= 0.6 is 0 Å². The van der Waals surface area contributed by atoms with Gasteiger partial charge < -0.3 is 5.32 Å². The highest BCUT2D eigenvalue weighted by Gasteiger charge is 2.17. The third kappa shape index (κ3) is 4.98. The lowest BCUT2D eigenvalue weighted by molar-refractivity contribution is -0.139. The van der Waals surface area contributed by atoms with Crippen molar-refractivity contribution in [1.29, 1.82) is 0 Å². The van der Waals surface area contributed by atoms with E-state index < -0.39 is 11.8 Å². The number of benzene rings is 1. The molecule has 2 rings (SSSR count). The summed E-state index contributed by atoms with van der Waals surface area (Å²) in [5.41, 5.74) is 4.31. The summed E-state index contributed by atoms with van der Waals surface area (Å²) in [7, 11) is 0. The maximum absolute atomic E-state index is 11.9. The van der Waals surface area contributed by atoms with Crippen LogP contribution in [0.1, 0.15) is 57.1 Å². The molecule has 0 aromatic heterocycles. The summed E-state index contributed by atoms with van der Waals surface area (Å²) in [5, 5.41) is 6.78. The molecule has 22 heavy (non-hydrogen) atoms. The summed E-state index contributed by atoms with van der Waals surface area (Å²) in [4.78, 5) is 23.7. The van der Waals surface area contributed by atoms with Crippen molar-refractivity contribution in [1.82, 2.24) is 10.7 Å². The van der Waals surface area contributed by atoms with Crippen LogP contribution in [0.4, 0.5) is 0 Å². The maximum Gasteiger partial charge on any atom is 0.329 e. The second kappa shape index (κ2) is 8.32. The van der Waals surface area contributed by atoms with Crippen LogP contribution in [0.5, 0.6) is 0 Å². The van der Waals surface area contributed by atoms with Crippen LogP contribution in [0, 0.1) is 0 Å². The smallest absolute Gasteiger partial charge is 0.329 e. The molecule has 0 unspecified atom stereocenters. The quantitative estimate of drug-likeness (QED) is 0.512. The standard InChI is InChI=1S/C17H23N3O2/c1-13(14-9-5-4-6-10-14)18-16(21)17(22)20-19-15-11-7-2-3-8-12-15/h4-6,9-10,13H,2-3,7-8,11-12H2,1H3,(H,18,21)(H,20,22)/t13-/m0/s1. The zero-order valence-corrected chi connectivity index (χ0v) is 13.0. The van der Waals surface area contributed by atoms with Crippen molar-refractivity contribution < 1.29 is 9.59 Å². The molecule has 0 heterocycles. The lowest BCUT2D eigenvalue weighted by atomic mass is 10.1. The molecule has 0 saturated heterocycles. The van der Waals surface area contributed by atoms with Crippen molar-refractivity contribution in [2.24, 2.45) is 5.10 Å². The SMILES string of the molecule is C[C@H](NC(=O)C(=O)NN=C1CCCCCC1)c1ccccc1. The molecule has 5 heteroatoms. The Labute approximate surface area is 131 Å². The Morgan fingerprint density at radius 1 is 1.00 bits per heavy atom. The van der Waals surface area contributed by atoms with Gasteiger partial charge in [0.15, 0.2) is 0 Å². The minimum absolute atomic E-state index is 0.218. The third-order valence-corrected chi connectivity index (χ3v) is 3.85. The number of hydrazone groups is 1. The zero-order valence-electron chi connectivity index (χ0n) is 13.0. The average Bonchev–Trinajstić information content (AvgIpc) is 2.82. The molecule has 1 aromatic carbocycles. The van der Waals surface area contributed by atoms with Crippen molar-refractivity contribution in [3.8, 4) is 0 Å². The Morgan fingerprint density at radius 3 is 2.27 bits per heavy atom. The Balaban J connectivity index is 1.84. The molecule has 0 radical (unpaired) electrons. The van der Waals surface area contributed by atoms with Gasteiger partial charge in [-0.05, 0) is 38.2 Å². The van der Waals surface area contributed by atoms with Gasteiger partial charge in [0.1, 0.15) is 0 Å². The van der Waals surface area contributed by atoms with Gasteiger partial charge in [0.05, 0.1) is 6.04 Å². The molecule has 1 aliphatic rings. The van der Waals surface area contributed by atoms with Crippen LogP contribution < -0.4 is 10.7 Å². The molecule has 1 fully saturated rings.